The summed E-state index contributed by atoms with van der Waals surface area (Å²) < 4.78 is 34.4. The summed E-state index contributed by atoms with van der Waals surface area (Å²) in [5.74, 6) is -0.951. The third kappa shape index (κ3) is 3.74. The first-order valence-electron chi connectivity index (χ1n) is 12.5. The molecule has 0 aliphatic heterocycles. The van der Waals surface area contributed by atoms with Crippen molar-refractivity contribution in [2.75, 3.05) is 5.73 Å². The standard InChI is InChI=1S/C31H25F2N3O2/c1-4-17-10-24-25(13-22(17)20-8-6-19(32)12-27(20)33)29-21-7-5-18(11-23(21)30(24)38-29)31(37)35-14-26-15(2)9-28(34)36-16(26)3/h5-13H,4,14H2,1-3H3,(H2,34,36)(H,35,37). The van der Waals surface area contributed by atoms with Crippen LogP contribution in [0.1, 0.15) is 39.7 Å². The average molecular weight is 510 g/mol. The van der Waals surface area contributed by atoms with E-state index in [0.717, 1.165) is 50.0 Å². The maximum absolute atomic E-state index is 14.7. The lowest BCUT2D eigenvalue weighted by Crippen LogP contribution is -2.24. The predicted octanol–water partition coefficient (Wildman–Crippen LogP) is 7.21. The molecule has 3 N–H and O–H groups in total. The minimum atomic E-state index is -0.609. The summed E-state index contributed by atoms with van der Waals surface area (Å²) in [4.78, 5) is 17.3. The fraction of sp³-hybridized carbons (Fsp3) is 0.161. The van der Waals surface area contributed by atoms with Crippen molar-refractivity contribution >= 4 is 44.4 Å². The van der Waals surface area contributed by atoms with Crippen LogP contribution in [0.4, 0.5) is 14.6 Å². The molecule has 0 aliphatic rings. The highest BCUT2D eigenvalue weighted by atomic mass is 19.1. The molecule has 0 spiro atoms. The van der Waals surface area contributed by atoms with Crippen molar-refractivity contribution in [1.82, 2.24) is 10.3 Å². The van der Waals surface area contributed by atoms with Crippen molar-refractivity contribution in [3.63, 3.8) is 0 Å². The molecule has 6 rings (SSSR count). The summed E-state index contributed by atoms with van der Waals surface area (Å²) in [5.41, 5.74) is 12.4. The lowest BCUT2D eigenvalue weighted by Gasteiger charge is -2.12. The van der Waals surface area contributed by atoms with Crippen LogP contribution in [-0.4, -0.2) is 10.9 Å². The van der Waals surface area contributed by atoms with Crippen molar-refractivity contribution in [3.8, 4) is 11.1 Å². The molecule has 7 heteroatoms. The van der Waals surface area contributed by atoms with E-state index in [1.807, 2.05) is 45.0 Å². The number of carbonyl (C=O) groups is 1. The maximum atomic E-state index is 14.7. The van der Waals surface area contributed by atoms with Crippen molar-refractivity contribution < 1.29 is 18.0 Å². The molecule has 190 valence electrons. The van der Waals surface area contributed by atoms with Gasteiger partial charge in [0.25, 0.3) is 5.91 Å². The molecule has 6 aromatic rings. The zero-order chi connectivity index (χ0) is 26.7. The van der Waals surface area contributed by atoms with Gasteiger partial charge < -0.3 is 15.5 Å². The number of aryl methyl sites for hydroxylation is 3. The van der Waals surface area contributed by atoms with Crippen LogP contribution in [-0.2, 0) is 13.0 Å². The van der Waals surface area contributed by atoms with E-state index in [0.29, 0.717) is 46.6 Å². The van der Waals surface area contributed by atoms with Gasteiger partial charge in [-0.1, -0.05) is 6.92 Å². The molecule has 0 saturated heterocycles. The van der Waals surface area contributed by atoms with E-state index < -0.39 is 11.6 Å². The van der Waals surface area contributed by atoms with Gasteiger partial charge in [0.2, 0.25) is 0 Å². The number of benzene rings is 4. The molecule has 3 heterocycles. The third-order valence-corrected chi connectivity index (χ3v) is 7.31. The highest BCUT2D eigenvalue weighted by Crippen LogP contribution is 2.44. The number of hydrogen-bond acceptors (Lipinski definition) is 4. The molecule has 3 aromatic carbocycles. The zero-order valence-corrected chi connectivity index (χ0v) is 21.2. The zero-order valence-electron chi connectivity index (χ0n) is 21.2. The Labute approximate surface area is 217 Å². The second kappa shape index (κ2) is 8.80. The normalized spacial score (nSPS) is 11.7. The van der Waals surface area contributed by atoms with Crippen LogP contribution < -0.4 is 11.1 Å². The minimum Gasteiger partial charge on any atom is -0.455 e. The van der Waals surface area contributed by atoms with E-state index in [1.165, 1.54) is 12.1 Å². The first-order valence-corrected chi connectivity index (χ1v) is 12.5. The van der Waals surface area contributed by atoms with Gasteiger partial charge in [0.05, 0.1) is 0 Å². The number of halogens is 2. The number of aromatic nitrogens is 1. The van der Waals surface area contributed by atoms with Crippen molar-refractivity contribution in [1.29, 1.82) is 0 Å². The number of nitrogens with two attached hydrogens (primary N) is 1. The molecule has 1 amide bonds. The predicted molar refractivity (Wildman–Crippen MR) is 146 cm³/mol. The van der Waals surface area contributed by atoms with Crippen LogP contribution in [0, 0.1) is 25.5 Å². The van der Waals surface area contributed by atoms with Gasteiger partial charge in [-0.2, -0.15) is 0 Å². The van der Waals surface area contributed by atoms with E-state index in [2.05, 4.69) is 10.3 Å². The SMILES string of the molecule is CCc1cc2c(cc1-c1ccc(F)cc1F)c1oc2c2cc(C(=O)NCc3c(C)cc(N)nc3C)ccc21. The molecule has 0 saturated carbocycles. The summed E-state index contributed by atoms with van der Waals surface area (Å²) in [6.45, 7) is 6.16. The molecule has 0 radical (unpaired) electrons. The van der Waals surface area contributed by atoms with Gasteiger partial charge in [-0.25, -0.2) is 13.8 Å². The van der Waals surface area contributed by atoms with E-state index in [1.54, 1.807) is 12.1 Å². The van der Waals surface area contributed by atoms with E-state index >= 15 is 0 Å². The Hall–Kier alpha value is -4.52. The van der Waals surface area contributed by atoms with Gasteiger partial charge in [0.15, 0.2) is 0 Å². The van der Waals surface area contributed by atoms with Crippen LogP contribution in [0.2, 0.25) is 0 Å². The van der Waals surface area contributed by atoms with Gasteiger partial charge in [0.1, 0.15) is 28.6 Å². The lowest BCUT2D eigenvalue weighted by molar-refractivity contribution is 0.0951. The van der Waals surface area contributed by atoms with Crippen molar-refractivity contribution in [2.24, 2.45) is 0 Å². The highest BCUT2D eigenvalue weighted by Gasteiger charge is 2.22. The van der Waals surface area contributed by atoms with Gasteiger partial charge in [-0.3, -0.25) is 4.79 Å². The summed E-state index contributed by atoms with van der Waals surface area (Å²) in [7, 11) is 0. The fourth-order valence-electron chi connectivity index (χ4n) is 5.38. The first-order chi connectivity index (χ1) is 18.2. The molecule has 5 nitrogen and oxygen atoms in total. The Morgan fingerprint density at radius 1 is 0.921 bits per heavy atom. The number of anilines is 1. The molecular weight excluding hydrogens is 484 g/mol. The number of amides is 1. The monoisotopic (exact) mass is 509 g/mol. The number of nitrogens with zero attached hydrogens (tertiary/aromatic N) is 1. The van der Waals surface area contributed by atoms with Crippen LogP contribution in [0.25, 0.3) is 43.8 Å². The Balaban J connectivity index is 1.38. The van der Waals surface area contributed by atoms with Gasteiger partial charge >= 0.3 is 0 Å². The number of nitrogens with one attached hydrogen (secondary N) is 1. The van der Waals surface area contributed by atoms with Crippen LogP contribution in [0.5, 0.6) is 0 Å². The van der Waals surface area contributed by atoms with Crippen molar-refractivity contribution in [2.45, 2.75) is 33.7 Å². The second-order valence-corrected chi connectivity index (χ2v) is 9.66. The molecule has 0 aliphatic carbocycles. The smallest absolute Gasteiger partial charge is 0.251 e. The second-order valence-electron chi connectivity index (χ2n) is 9.66. The summed E-state index contributed by atoms with van der Waals surface area (Å²) in [6, 6.07) is 14.9. The van der Waals surface area contributed by atoms with Crippen LogP contribution in [0.15, 0.2) is 59.0 Å². The third-order valence-electron chi connectivity index (χ3n) is 7.31. The number of nitrogen functional groups attached to an aromatic ring is 1. The minimum absolute atomic E-state index is 0.201. The average Bonchev–Trinajstić information content (AvgIpc) is 3.44. The highest BCUT2D eigenvalue weighted by molar-refractivity contribution is 6.26. The quantitative estimate of drug-likeness (QED) is 0.241. The number of fused-ring (bicyclic) bond motifs is 8. The molecule has 3 aromatic heterocycles. The number of pyridine rings is 1. The molecule has 0 fully saturated rings. The Morgan fingerprint density at radius 2 is 1.66 bits per heavy atom. The maximum Gasteiger partial charge on any atom is 0.251 e. The Bertz CT molecular complexity index is 1870. The summed E-state index contributed by atoms with van der Waals surface area (Å²) in [6.07, 6.45) is 0.663. The number of furan rings is 2. The fourth-order valence-corrected chi connectivity index (χ4v) is 5.38. The number of carbonyl (C=O) groups excluding carboxylic acids is 1. The van der Waals surface area contributed by atoms with E-state index in [4.69, 9.17) is 10.2 Å². The lowest BCUT2D eigenvalue weighted by atomic mass is 9.92. The van der Waals surface area contributed by atoms with E-state index in [-0.39, 0.29) is 5.91 Å². The van der Waals surface area contributed by atoms with Gasteiger partial charge in [0, 0.05) is 51.0 Å². The van der Waals surface area contributed by atoms with Gasteiger partial charge in [-0.05, 0) is 91.1 Å². The first kappa shape index (κ1) is 23.9. The topological polar surface area (TPSA) is 81.2 Å². The largest absolute Gasteiger partial charge is 0.455 e. The Morgan fingerprint density at radius 3 is 2.39 bits per heavy atom. The summed E-state index contributed by atoms with van der Waals surface area (Å²) in [5, 5.41) is 6.49. The molecule has 0 atom stereocenters. The molecule has 38 heavy (non-hydrogen) atoms. The summed E-state index contributed by atoms with van der Waals surface area (Å²) >= 11 is 0. The van der Waals surface area contributed by atoms with Crippen molar-refractivity contribution in [3.05, 3.63) is 94.2 Å². The molecule has 0 unspecified atom stereocenters. The van der Waals surface area contributed by atoms with Gasteiger partial charge in [-0.15, -0.1) is 0 Å². The van der Waals surface area contributed by atoms with Crippen LogP contribution in [0.3, 0.4) is 0 Å². The number of hydrogen-bond donors (Lipinski definition) is 2. The molecular formula is C31H25F2N3O2. The molecule has 2 bridgehead atoms. The number of rotatable bonds is 5. The Kier molecular flexibility index (Phi) is 5.52. The van der Waals surface area contributed by atoms with Crippen LogP contribution >= 0.6 is 0 Å². The van der Waals surface area contributed by atoms with E-state index in [9.17, 15) is 13.6 Å².